The van der Waals surface area contributed by atoms with E-state index in [1.807, 2.05) is 6.92 Å². The molecule has 0 fully saturated rings. The molecule has 18 heteroatoms. The minimum Gasteiger partial charge on any atom is -0.462 e. The van der Waals surface area contributed by atoms with Crippen molar-refractivity contribution in [3.8, 4) is 0 Å². The highest BCUT2D eigenvalue weighted by molar-refractivity contribution is 6.01. The first kappa shape index (κ1) is 53.4. The maximum atomic E-state index is 12.9. The fourth-order valence-corrected chi connectivity index (χ4v) is 5.55. The third-order valence-corrected chi connectivity index (χ3v) is 10.3. The molecule has 346 valence electrons. The minimum atomic E-state index is -0.715. The molecule has 0 radical (unpaired) electrons. The second kappa shape index (κ2) is 27.4. The second-order valence-corrected chi connectivity index (χ2v) is 15.5. The highest BCUT2D eigenvalue weighted by Crippen LogP contribution is 2.16. The van der Waals surface area contributed by atoms with Gasteiger partial charge in [0.05, 0.1) is 24.7 Å². The zero-order chi connectivity index (χ0) is 47.9. The Kier molecular flexibility index (Phi) is 22.8. The molecule has 4 amide bonds. The number of nitrogens with one attached hydrogen (secondary N) is 4. The molecule has 0 bridgehead atoms. The van der Waals surface area contributed by atoms with Gasteiger partial charge >= 0.3 is 11.9 Å². The predicted molar refractivity (Wildman–Crippen MR) is 243 cm³/mol. The maximum Gasteiger partial charge on any atom is 0.306 e. The molecular weight excluding hydrogens is 825 g/mol. The van der Waals surface area contributed by atoms with Crippen LogP contribution >= 0.6 is 0 Å². The number of ketones is 2. The zero-order valence-electron chi connectivity index (χ0n) is 38.5. The van der Waals surface area contributed by atoms with E-state index < -0.39 is 53.7 Å². The standard InChI is InChI=1S/C46H62N8O10/c1-27(47-9)17-21-39(55)31(5)33(7)63-41(57)23-20-30(4)51-54-46(62)38-16-12-15-37(26-38)45(61)52-49-28(2)18-22-40(56)32(6)34(8)64-42(58)24-19-29(3)50-53-44(60)36-14-11-13-35(25-36)43(59)48-10/h11-16,25-26,31-34H,17-24H2,1-10H3,(H,48,59)(H,52,61)(H,53,60)(H,54,62)/b47-27+,49-28+,50-29+,51-30+. The van der Waals surface area contributed by atoms with Gasteiger partial charge in [-0.3, -0.25) is 43.3 Å². The van der Waals surface area contributed by atoms with Gasteiger partial charge in [-0.2, -0.15) is 15.3 Å². The first-order valence-electron chi connectivity index (χ1n) is 21.0. The van der Waals surface area contributed by atoms with Crippen LogP contribution in [-0.4, -0.2) is 96.3 Å². The van der Waals surface area contributed by atoms with Crippen molar-refractivity contribution >= 4 is 70.0 Å². The molecule has 0 heterocycles. The Morgan fingerprint density at radius 3 is 1.12 bits per heavy atom. The van der Waals surface area contributed by atoms with Gasteiger partial charge in [0, 0.05) is 72.0 Å². The Balaban J connectivity index is 1.78. The summed E-state index contributed by atoms with van der Waals surface area (Å²) in [6, 6.07) is 12.1. The number of aliphatic imine (C=N–C) groups is 1. The molecule has 18 nitrogen and oxygen atoms in total. The average molecular weight is 887 g/mol. The van der Waals surface area contributed by atoms with Gasteiger partial charge in [-0.25, -0.2) is 16.3 Å². The van der Waals surface area contributed by atoms with Gasteiger partial charge in [-0.1, -0.05) is 26.0 Å². The number of benzene rings is 2. The van der Waals surface area contributed by atoms with Crippen molar-refractivity contribution in [1.29, 1.82) is 0 Å². The number of carbonyl (C=O) groups is 8. The number of nitrogens with zero attached hydrogens (tertiary/aromatic N) is 4. The van der Waals surface area contributed by atoms with E-state index in [2.05, 4.69) is 41.9 Å². The first-order chi connectivity index (χ1) is 30.2. The average Bonchev–Trinajstić information content (AvgIpc) is 3.29. The van der Waals surface area contributed by atoms with Crippen molar-refractivity contribution in [3.63, 3.8) is 0 Å². The van der Waals surface area contributed by atoms with E-state index in [-0.39, 0.29) is 72.7 Å². The Labute approximate surface area is 374 Å². The smallest absolute Gasteiger partial charge is 0.306 e. The topological polar surface area (TPSA) is 253 Å². The van der Waals surface area contributed by atoms with Crippen LogP contribution in [0.15, 0.2) is 68.8 Å². The lowest BCUT2D eigenvalue weighted by Gasteiger charge is -2.19. The summed E-state index contributed by atoms with van der Waals surface area (Å²) in [5.41, 5.74) is 10.4. The van der Waals surface area contributed by atoms with Gasteiger partial charge < -0.3 is 14.8 Å². The summed E-state index contributed by atoms with van der Waals surface area (Å²) in [7, 11) is 3.16. The number of ether oxygens (including phenoxy) is 2. The normalized spacial score (nSPS) is 14.0. The van der Waals surface area contributed by atoms with Crippen molar-refractivity contribution in [2.75, 3.05) is 14.1 Å². The highest BCUT2D eigenvalue weighted by atomic mass is 16.5. The molecule has 0 aliphatic heterocycles. The van der Waals surface area contributed by atoms with E-state index in [0.29, 0.717) is 35.5 Å². The van der Waals surface area contributed by atoms with E-state index in [1.165, 1.54) is 37.4 Å². The number of hydrogen-bond acceptors (Lipinski definition) is 14. The van der Waals surface area contributed by atoms with Crippen molar-refractivity contribution in [2.24, 2.45) is 32.1 Å². The van der Waals surface area contributed by atoms with Crippen LogP contribution in [-0.2, 0) is 28.7 Å². The quantitative estimate of drug-likeness (QED) is 0.0550. The molecule has 0 saturated heterocycles. The van der Waals surface area contributed by atoms with Crippen LogP contribution in [0, 0.1) is 11.8 Å². The summed E-state index contributed by atoms with van der Waals surface area (Å²) in [6.45, 7) is 13.5. The number of carbonyl (C=O) groups excluding carboxylic acids is 8. The van der Waals surface area contributed by atoms with Crippen molar-refractivity contribution in [3.05, 3.63) is 70.8 Å². The van der Waals surface area contributed by atoms with Crippen LogP contribution in [0.4, 0.5) is 0 Å². The molecule has 2 aromatic rings. The van der Waals surface area contributed by atoms with Crippen LogP contribution in [0.5, 0.6) is 0 Å². The number of Topliss-reactive ketones (excluding diaryl/α,β-unsaturated/α-hetero) is 2. The molecule has 2 rings (SSSR count). The van der Waals surface area contributed by atoms with E-state index >= 15 is 0 Å². The molecule has 2 aromatic carbocycles. The molecule has 0 aliphatic rings. The summed E-state index contributed by atoms with van der Waals surface area (Å²) in [5, 5.41) is 14.7. The lowest BCUT2D eigenvalue weighted by molar-refractivity contribution is -0.153. The van der Waals surface area contributed by atoms with Gasteiger partial charge in [0.1, 0.15) is 23.8 Å². The fraction of sp³-hybridized carbons (Fsp3) is 0.478. The van der Waals surface area contributed by atoms with Gasteiger partial charge in [0.15, 0.2) is 0 Å². The monoisotopic (exact) mass is 886 g/mol. The van der Waals surface area contributed by atoms with Crippen molar-refractivity contribution < 1.29 is 47.8 Å². The van der Waals surface area contributed by atoms with E-state index in [1.54, 1.807) is 73.7 Å². The minimum absolute atomic E-state index is 0.000275. The predicted octanol–water partition coefficient (Wildman–Crippen LogP) is 5.55. The summed E-state index contributed by atoms with van der Waals surface area (Å²) in [4.78, 5) is 104. The maximum absolute atomic E-state index is 12.9. The number of amides is 4. The Bertz CT molecular complexity index is 2140. The molecule has 64 heavy (non-hydrogen) atoms. The van der Waals surface area contributed by atoms with Crippen LogP contribution < -0.4 is 21.6 Å². The summed E-state index contributed by atoms with van der Waals surface area (Å²) in [5.74, 6) is -4.32. The third-order valence-electron chi connectivity index (χ3n) is 10.3. The number of hydrogen-bond donors (Lipinski definition) is 4. The lowest BCUT2D eigenvalue weighted by atomic mass is 9.96. The number of hydrazone groups is 3. The number of rotatable bonds is 25. The first-order valence-corrected chi connectivity index (χ1v) is 21.0. The fourth-order valence-electron chi connectivity index (χ4n) is 5.55. The Hall–Kier alpha value is -6.72. The van der Waals surface area contributed by atoms with Crippen LogP contribution in [0.3, 0.4) is 0 Å². The largest absolute Gasteiger partial charge is 0.462 e. The molecule has 4 atom stereocenters. The van der Waals surface area contributed by atoms with Crippen molar-refractivity contribution in [1.82, 2.24) is 21.6 Å². The van der Waals surface area contributed by atoms with E-state index in [0.717, 1.165) is 5.71 Å². The van der Waals surface area contributed by atoms with Gasteiger partial charge in [-0.15, -0.1) is 0 Å². The molecule has 0 aliphatic carbocycles. The van der Waals surface area contributed by atoms with Gasteiger partial charge in [-0.05, 0) is 104 Å². The van der Waals surface area contributed by atoms with Crippen LogP contribution in [0.2, 0.25) is 0 Å². The number of esters is 2. The van der Waals surface area contributed by atoms with Gasteiger partial charge in [0.25, 0.3) is 23.6 Å². The lowest BCUT2D eigenvalue weighted by Crippen LogP contribution is -2.28. The molecule has 4 N–H and O–H groups in total. The second-order valence-electron chi connectivity index (χ2n) is 15.5. The van der Waals surface area contributed by atoms with E-state index in [9.17, 15) is 38.4 Å². The van der Waals surface area contributed by atoms with Crippen LogP contribution in [0.1, 0.15) is 148 Å². The SMILES string of the molecule is C/N=C(\C)CCC(=O)C(C)C(C)OC(=O)CC/C(C)=N/NC(=O)c1cccc(C(=O)N/N=C(\C)CCC(=O)C(C)C(C)OC(=O)CC/C(C)=N/NC(=O)c2cccc(C(=O)NC)c2)c1. The third kappa shape index (κ3) is 19.1. The van der Waals surface area contributed by atoms with Crippen molar-refractivity contribution in [2.45, 2.75) is 119 Å². The molecule has 0 spiro atoms. The Morgan fingerprint density at radius 2 is 0.797 bits per heavy atom. The Morgan fingerprint density at radius 1 is 0.484 bits per heavy atom. The summed E-state index contributed by atoms with van der Waals surface area (Å²) in [6.07, 6.45) is 0.245. The molecular formula is C46H62N8O10. The zero-order valence-corrected chi connectivity index (χ0v) is 38.5. The molecule has 0 saturated carbocycles. The highest BCUT2D eigenvalue weighted by Gasteiger charge is 2.25. The summed E-state index contributed by atoms with van der Waals surface area (Å²) >= 11 is 0. The molecule has 0 aromatic heterocycles. The van der Waals surface area contributed by atoms with Gasteiger partial charge in [0.2, 0.25) is 0 Å². The van der Waals surface area contributed by atoms with E-state index in [4.69, 9.17) is 9.47 Å². The van der Waals surface area contributed by atoms with Crippen LogP contribution in [0.25, 0.3) is 0 Å². The summed E-state index contributed by atoms with van der Waals surface area (Å²) < 4.78 is 10.9. The molecule has 4 unspecified atom stereocenters.